The number of ether oxygens (including phenoxy) is 1. The highest BCUT2D eigenvalue weighted by Crippen LogP contribution is 2.31. The van der Waals surface area contributed by atoms with Crippen molar-refractivity contribution in [3.63, 3.8) is 0 Å². The molecule has 1 aromatic rings. The van der Waals surface area contributed by atoms with Crippen LogP contribution in [0.15, 0.2) is 17.0 Å². The minimum atomic E-state index is -3.66. The Kier molecular flexibility index (Phi) is 7.61. The van der Waals surface area contributed by atoms with Gasteiger partial charge in [-0.3, -0.25) is 0 Å². The third kappa shape index (κ3) is 4.73. The number of benzene rings is 1. The molecule has 1 aliphatic rings. The lowest BCUT2D eigenvalue weighted by molar-refractivity contribution is 0.405. The molecule has 0 bridgehead atoms. The number of sulfonamides is 1. The Morgan fingerprint density at radius 2 is 2.00 bits per heavy atom. The molecule has 0 aromatic heterocycles. The molecule has 5 nitrogen and oxygen atoms in total. The summed E-state index contributed by atoms with van der Waals surface area (Å²) in [6, 6.07) is 2.83. The number of aryl methyl sites for hydroxylation is 1. The first-order chi connectivity index (χ1) is 10.4. The van der Waals surface area contributed by atoms with E-state index in [1.165, 1.54) is 13.2 Å². The van der Waals surface area contributed by atoms with Gasteiger partial charge in [0.05, 0.1) is 17.0 Å². The second-order valence-corrected chi connectivity index (χ2v) is 7.85. The molecule has 23 heavy (non-hydrogen) atoms. The van der Waals surface area contributed by atoms with Gasteiger partial charge in [-0.1, -0.05) is 24.4 Å². The maximum Gasteiger partial charge on any atom is 0.241 e. The van der Waals surface area contributed by atoms with Gasteiger partial charge in [0.1, 0.15) is 5.75 Å². The van der Waals surface area contributed by atoms with Crippen LogP contribution in [-0.4, -0.2) is 28.1 Å². The molecule has 0 aliphatic heterocycles. The Balaban J connectivity index is 0.00000264. The molecule has 1 aromatic carbocycles. The largest absolute Gasteiger partial charge is 0.495 e. The molecule has 1 aliphatic carbocycles. The van der Waals surface area contributed by atoms with Gasteiger partial charge in [-0.25, -0.2) is 13.1 Å². The van der Waals surface area contributed by atoms with E-state index in [1.807, 2.05) is 0 Å². The van der Waals surface area contributed by atoms with Crippen LogP contribution in [0, 0.1) is 12.8 Å². The molecule has 3 N–H and O–H groups in total. The Morgan fingerprint density at radius 1 is 1.39 bits per heavy atom. The molecule has 0 spiro atoms. The van der Waals surface area contributed by atoms with Crippen molar-refractivity contribution in [1.82, 2.24) is 4.72 Å². The average Bonchev–Trinajstić information content (AvgIpc) is 3.00. The second-order valence-electron chi connectivity index (χ2n) is 5.76. The van der Waals surface area contributed by atoms with Gasteiger partial charge in [0.2, 0.25) is 10.0 Å². The maximum absolute atomic E-state index is 12.7. The van der Waals surface area contributed by atoms with Crippen LogP contribution < -0.4 is 15.2 Å². The van der Waals surface area contributed by atoms with Crippen LogP contribution >= 0.6 is 24.0 Å². The van der Waals surface area contributed by atoms with E-state index in [1.54, 1.807) is 13.0 Å². The summed E-state index contributed by atoms with van der Waals surface area (Å²) in [6.45, 7) is 2.02. The third-order valence-corrected chi connectivity index (χ3v) is 6.20. The standard InChI is InChI=1S/C15H23ClN2O3S.ClH/c1-10-7-14(21-2)12(16)8-15(10)22(19,20)18-13(9-17)11-5-3-4-6-11;/h7-8,11,13,18H,3-6,9,17H2,1-2H3;1H. The molecule has 0 amide bonds. The van der Waals surface area contributed by atoms with Gasteiger partial charge in [-0.2, -0.15) is 0 Å². The smallest absolute Gasteiger partial charge is 0.241 e. The van der Waals surface area contributed by atoms with E-state index in [-0.39, 0.29) is 28.4 Å². The topological polar surface area (TPSA) is 81.4 Å². The summed E-state index contributed by atoms with van der Waals surface area (Å²) in [5.74, 6) is 0.776. The second kappa shape index (κ2) is 8.53. The first kappa shape index (κ1) is 20.5. The monoisotopic (exact) mass is 382 g/mol. The fraction of sp³-hybridized carbons (Fsp3) is 0.600. The van der Waals surface area contributed by atoms with Gasteiger partial charge in [0.15, 0.2) is 0 Å². The lowest BCUT2D eigenvalue weighted by Gasteiger charge is -2.23. The number of hydrogen-bond donors (Lipinski definition) is 2. The minimum Gasteiger partial charge on any atom is -0.495 e. The van der Waals surface area contributed by atoms with E-state index in [2.05, 4.69) is 4.72 Å². The SMILES string of the molecule is COc1cc(C)c(S(=O)(=O)NC(CN)C2CCCC2)cc1Cl.Cl. The lowest BCUT2D eigenvalue weighted by atomic mass is 9.99. The van der Waals surface area contributed by atoms with Crippen LogP contribution in [0.25, 0.3) is 0 Å². The Hall–Kier alpha value is -0.530. The summed E-state index contributed by atoms with van der Waals surface area (Å²) in [5.41, 5.74) is 6.37. The van der Waals surface area contributed by atoms with E-state index < -0.39 is 10.0 Å². The average molecular weight is 383 g/mol. The van der Waals surface area contributed by atoms with Crippen molar-refractivity contribution in [3.05, 3.63) is 22.7 Å². The number of methoxy groups -OCH3 is 1. The maximum atomic E-state index is 12.7. The molecule has 0 heterocycles. The number of nitrogens with one attached hydrogen (secondary N) is 1. The Bertz CT molecular complexity index is 632. The molecule has 2 rings (SSSR count). The number of nitrogens with two attached hydrogens (primary N) is 1. The number of hydrogen-bond acceptors (Lipinski definition) is 4. The van der Waals surface area contributed by atoms with Crippen molar-refractivity contribution in [2.45, 2.75) is 43.5 Å². The molecule has 1 saturated carbocycles. The van der Waals surface area contributed by atoms with Gasteiger partial charge in [-0.05, 0) is 43.4 Å². The molecule has 132 valence electrons. The fourth-order valence-electron chi connectivity index (χ4n) is 3.04. The quantitative estimate of drug-likeness (QED) is 0.792. The van der Waals surface area contributed by atoms with E-state index >= 15 is 0 Å². The summed E-state index contributed by atoms with van der Waals surface area (Å²) in [4.78, 5) is 0.176. The molecule has 1 unspecified atom stereocenters. The van der Waals surface area contributed by atoms with E-state index in [4.69, 9.17) is 22.1 Å². The summed E-state index contributed by atoms with van der Waals surface area (Å²) < 4.78 is 33.2. The Labute approximate surface area is 149 Å². The summed E-state index contributed by atoms with van der Waals surface area (Å²) >= 11 is 6.06. The van der Waals surface area contributed by atoms with Crippen molar-refractivity contribution < 1.29 is 13.2 Å². The van der Waals surface area contributed by atoms with Crippen molar-refractivity contribution in [2.75, 3.05) is 13.7 Å². The van der Waals surface area contributed by atoms with Crippen molar-refractivity contribution in [2.24, 2.45) is 11.7 Å². The number of halogens is 2. The first-order valence-electron chi connectivity index (χ1n) is 7.45. The van der Waals surface area contributed by atoms with Crippen LogP contribution in [0.2, 0.25) is 5.02 Å². The van der Waals surface area contributed by atoms with E-state index in [9.17, 15) is 8.42 Å². The van der Waals surface area contributed by atoms with E-state index in [0.717, 1.165) is 25.7 Å². The third-order valence-electron chi connectivity index (χ3n) is 4.27. The molecule has 1 fully saturated rings. The molecule has 0 saturated heterocycles. The zero-order valence-corrected chi connectivity index (χ0v) is 15.7. The fourth-order valence-corrected chi connectivity index (χ4v) is 4.92. The highest BCUT2D eigenvalue weighted by molar-refractivity contribution is 7.89. The summed E-state index contributed by atoms with van der Waals surface area (Å²) in [6.07, 6.45) is 4.31. The highest BCUT2D eigenvalue weighted by atomic mass is 35.5. The summed E-state index contributed by atoms with van der Waals surface area (Å²) in [5, 5.41) is 0.277. The Morgan fingerprint density at radius 3 is 2.52 bits per heavy atom. The van der Waals surface area contributed by atoms with Crippen molar-refractivity contribution in [3.8, 4) is 5.75 Å². The predicted molar refractivity (Wildman–Crippen MR) is 95.1 cm³/mol. The van der Waals surface area contributed by atoms with Crippen LogP contribution in [0.4, 0.5) is 0 Å². The van der Waals surface area contributed by atoms with E-state index in [0.29, 0.717) is 23.8 Å². The van der Waals surface area contributed by atoms with Gasteiger partial charge in [0.25, 0.3) is 0 Å². The van der Waals surface area contributed by atoms with Crippen LogP contribution in [0.1, 0.15) is 31.2 Å². The van der Waals surface area contributed by atoms with Crippen LogP contribution in [-0.2, 0) is 10.0 Å². The van der Waals surface area contributed by atoms with Crippen molar-refractivity contribution in [1.29, 1.82) is 0 Å². The summed E-state index contributed by atoms with van der Waals surface area (Å²) in [7, 11) is -2.16. The number of rotatable bonds is 6. The molecule has 1 atom stereocenters. The lowest BCUT2D eigenvalue weighted by Crippen LogP contribution is -2.44. The normalized spacial score (nSPS) is 16.9. The molecular formula is C15H24Cl2N2O3S. The molecule has 8 heteroatoms. The molecule has 0 radical (unpaired) electrons. The predicted octanol–water partition coefficient (Wildman–Crippen LogP) is 2.87. The van der Waals surface area contributed by atoms with Gasteiger partial charge in [0, 0.05) is 12.6 Å². The zero-order valence-electron chi connectivity index (χ0n) is 13.3. The van der Waals surface area contributed by atoms with Crippen molar-refractivity contribution >= 4 is 34.0 Å². The van der Waals surface area contributed by atoms with Gasteiger partial charge < -0.3 is 10.5 Å². The minimum absolute atomic E-state index is 0. The van der Waals surface area contributed by atoms with Gasteiger partial charge in [-0.15, -0.1) is 12.4 Å². The van der Waals surface area contributed by atoms with Crippen LogP contribution in [0.5, 0.6) is 5.75 Å². The van der Waals surface area contributed by atoms with Crippen LogP contribution in [0.3, 0.4) is 0 Å². The van der Waals surface area contributed by atoms with Gasteiger partial charge >= 0.3 is 0 Å². The highest BCUT2D eigenvalue weighted by Gasteiger charge is 2.29. The zero-order chi connectivity index (χ0) is 16.3. The molecular weight excluding hydrogens is 359 g/mol. The first-order valence-corrected chi connectivity index (χ1v) is 9.31.